The van der Waals surface area contributed by atoms with Crippen molar-refractivity contribution in [3.63, 3.8) is 0 Å². The minimum Gasteiger partial charge on any atom is -0.475 e. The van der Waals surface area contributed by atoms with Crippen LogP contribution in [0, 0.1) is 5.92 Å². The van der Waals surface area contributed by atoms with E-state index in [2.05, 4.69) is 14.7 Å². The van der Waals surface area contributed by atoms with Gasteiger partial charge in [0.15, 0.2) is 10.8 Å². The number of hydrogen-bond donors (Lipinski definition) is 0. The SMILES string of the molecule is COC(=O)c1cnc(OCC(C)C)c(Cl)n1. The molecule has 88 valence electrons. The van der Waals surface area contributed by atoms with Crippen molar-refractivity contribution in [2.45, 2.75) is 13.8 Å². The average Bonchev–Trinajstić information content (AvgIpc) is 2.26. The van der Waals surface area contributed by atoms with Crippen molar-refractivity contribution in [1.82, 2.24) is 9.97 Å². The maximum Gasteiger partial charge on any atom is 0.358 e. The predicted octanol–water partition coefficient (Wildman–Crippen LogP) is 1.95. The molecule has 0 radical (unpaired) electrons. The first-order valence-electron chi connectivity index (χ1n) is 4.78. The fourth-order valence-corrected chi connectivity index (χ4v) is 1.10. The number of aromatic nitrogens is 2. The van der Waals surface area contributed by atoms with E-state index in [1.54, 1.807) is 0 Å². The summed E-state index contributed by atoms with van der Waals surface area (Å²) in [6.07, 6.45) is 1.27. The Kier molecular flexibility index (Phi) is 4.49. The Morgan fingerprint density at radius 2 is 2.25 bits per heavy atom. The zero-order chi connectivity index (χ0) is 12.1. The lowest BCUT2D eigenvalue weighted by Gasteiger charge is -2.08. The molecule has 0 aliphatic heterocycles. The number of esters is 1. The maximum absolute atomic E-state index is 11.1. The molecule has 0 atom stereocenters. The second-order valence-corrected chi connectivity index (χ2v) is 3.91. The molecule has 16 heavy (non-hydrogen) atoms. The van der Waals surface area contributed by atoms with E-state index in [9.17, 15) is 4.79 Å². The van der Waals surface area contributed by atoms with Crippen LogP contribution in [0.25, 0.3) is 0 Å². The van der Waals surface area contributed by atoms with E-state index in [4.69, 9.17) is 16.3 Å². The smallest absolute Gasteiger partial charge is 0.358 e. The van der Waals surface area contributed by atoms with E-state index < -0.39 is 5.97 Å². The van der Waals surface area contributed by atoms with Gasteiger partial charge in [-0.2, -0.15) is 0 Å². The molecule has 0 N–H and O–H groups in total. The fraction of sp³-hybridized carbons (Fsp3) is 0.500. The summed E-state index contributed by atoms with van der Waals surface area (Å²) < 4.78 is 9.80. The number of ether oxygens (including phenoxy) is 2. The lowest BCUT2D eigenvalue weighted by molar-refractivity contribution is 0.0593. The first-order valence-corrected chi connectivity index (χ1v) is 5.16. The summed E-state index contributed by atoms with van der Waals surface area (Å²) in [5, 5.41) is 0.0588. The molecule has 0 aliphatic rings. The highest BCUT2D eigenvalue weighted by molar-refractivity contribution is 6.30. The van der Waals surface area contributed by atoms with Gasteiger partial charge in [-0.1, -0.05) is 25.4 Å². The Hall–Kier alpha value is -1.36. The zero-order valence-corrected chi connectivity index (χ0v) is 10.1. The third-order valence-electron chi connectivity index (χ3n) is 1.65. The highest BCUT2D eigenvalue weighted by Gasteiger charge is 2.12. The fourth-order valence-electron chi connectivity index (χ4n) is 0.901. The summed E-state index contributed by atoms with van der Waals surface area (Å²) in [5.74, 6) is 0.00554. The van der Waals surface area contributed by atoms with Gasteiger partial charge in [-0.05, 0) is 5.92 Å². The Labute approximate surface area is 98.8 Å². The summed E-state index contributed by atoms with van der Waals surface area (Å²) in [7, 11) is 1.26. The van der Waals surface area contributed by atoms with Gasteiger partial charge in [0.2, 0.25) is 0 Å². The van der Waals surface area contributed by atoms with Crippen LogP contribution in [0.4, 0.5) is 0 Å². The molecule has 1 aromatic heterocycles. The molecule has 0 unspecified atom stereocenters. The van der Waals surface area contributed by atoms with E-state index >= 15 is 0 Å². The molecule has 1 heterocycles. The molecule has 0 amide bonds. The van der Waals surface area contributed by atoms with Crippen molar-refractivity contribution in [3.05, 3.63) is 17.0 Å². The molecule has 0 aromatic carbocycles. The molecular formula is C10H13ClN2O3. The average molecular weight is 245 g/mol. The Morgan fingerprint density at radius 1 is 1.56 bits per heavy atom. The van der Waals surface area contributed by atoms with E-state index in [0.717, 1.165) is 0 Å². The number of rotatable bonds is 4. The van der Waals surface area contributed by atoms with Gasteiger partial charge >= 0.3 is 5.97 Å². The van der Waals surface area contributed by atoms with Crippen molar-refractivity contribution in [2.24, 2.45) is 5.92 Å². The molecule has 0 bridgehead atoms. The third kappa shape index (κ3) is 3.34. The molecule has 0 saturated carbocycles. The lowest BCUT2D eigenvalue weighted by Crippen LogP contribution is -2.09. The maximum atomic E-state index is 11.1. The second kappa shape index (κ2) is 5.65. The molecule has 0 fully saturated rings. The molecule has 1 rings (SSSR count). The topological polar surface area (TPSA) is 61.3 Å². The van der Waals surface area contributed by atoms with Crippen molar-refractivity contribution < 1.29 is 14.3 Å². The van der Waals surface area contributed by atoms with Gasteiger partial charge in [0, 0.05) is 0 Å². The minimum atomic E-state index is -0.579. The van der Waals surface area contributed by atoms with Crippen molar-refractivity contribution >= 4 is 17.6 Å². The van der Waals surface area contributed by atoms with E-state index in [1.165, 1.54) is 13.3 Å². The zero-order valence-electron chi connectivity index (χ0n) is 9.36. The van der Waals surface area contributed by atoms with E-state index in [-0.39, 0.29) is 16.7 Å². The standard InChI is InChI=1S/C10H13ClN2O3/c1-6(2)5-16-9-8(11)13-7(4-12-9)10(14)15-3/h4,6H,5H2,1-3H3. The summed E-state index contributed by atoms with van der Waals surface area (Å²) >= 11 is 5.81. The number of methoxy groups -OCH3 is 1. The van der Waals surface area contributed by atoms with E-state index in [1.807, 2.05) is 13.8 Å². The van der Waals surface area contributed by atoms with Crippen LogP contribution >= 0.6 is 11.6 Å². The molecular weight excluding hydrogens is 232 g/mol. The van der Waals surface area contributed by atoms with Gasteiger partial charge in [-0.25, -0.2) is 14.8 Å². The van der Waals surface area contributed by atoms with Crippen molar-refractivity contribution in [3.8, 4) is 5.88 Å². The van der Waals surface area contributed by atoms with Crippen LogP contribution in [0.15, 0.2) is 6.20 Å². The van der Waals surface area contributed by atoms with Gasteiger partial charge in [-0.3, -0.25) is 0 Å². The Morgan fingerprint density at radius 3 is 2.75 bits per heavy atom. The predicted molar refractivity (Wildman–Crippen MR) is 58.7 cm³/mol. The minimum absolute atomic E-state index is 0.0588. The first-order chi connectivity index (χ1) is 7.54. The molecule has 1 aromatic rings. The molecule has 0 spiro atoms. The summed E-state index contributed by atoms with van der Waals surface area (Å²) in [6.45, 7) is 4.50. The van der Waals surface area contributed by atoms with Crippen LogP contribution in [-0.2, 0) is 4.74 Å². The van der Waals surface area contributed by atoms with Gasteiger partial charge < -0.3 is 9.47 Å². The lowest BCUT2D eigenvalue weighted by atomic mass is 10.2. The van der Waals surface area contributed by atoms with Gasteiger partial charge in [0.05, 0.1) is 19.9 Å². The number of carbonyl (C=O) groups excluding carboxylic acids is 1. The summed E-state index contributed by atoms with van der Waals surface area (Å²) in [6, 6.07) is 0. The normalized spacial score (nSPS) is 10.3. The molecule has 0 saturated heterocycles. The number of hydrogen-bond acceptors (Lipinski definition) is 5. The summed E-state index contributed by atoms with van der Waals surface area (Å²) in [5.41, 5.74) is 0.0596. The molecule has 0 aliphatic carbocycles. The van der Waals surface area contributed by atoms with Gasteiger partial charge in [-0.15, -0.1) is 0 Å². The largest absolute Gasteiger partial charge is 0.475 e. The monoisotopic (exact) mass is 244 g/mol. The molecule has 6 heteroatoms. The summed E-state index contributed by atoms with van der Waals surface area (Å²) in [4.78, 5) is 18.8. The number of nitrogens with zero attached hydrogens (tertiary/aromatic N) is 2. The van der Waals surface area contributed by atoms with Crippen molar-refractivity contribution in [1.29, 1.82) is 0 Å². The van der Waals surface area contributed by atoms with Gasteiger partial charge in [0.25, 0.3) is 5.88 Å². The van der Waals surface area contributed by atoms with Crippen LogP contribution in [0.2, 0.25) is 5.15 Å². The van der Waals surface area contributed by atoms with Crippen LogP contribution in [0.3, 0.4) is 0 Å². The number of halogens is 1. The van der Waals surface area contributed by atoms with Crippen LogP contribution < -0.4 is 4.74 Å². The second-order valence-electron chi connectivity index (χ2n) is 3.55. The van der Waals surface area contributed by atoms with Crippen LogP contribution in [0.5, 0.6) is 5.88 Å². The Bertz CT molecular complexity index is 382. The quantitative estimate of drug-likeness (QED) is 0.758. The van der Waals surface area contributed by atoms with Crippen LogP contribution in [0.1, 0.15) is 24.3 Å². The van der Waals surface area contributed by atoms with Crippen molar-refractivity contribution in [2.75, 3.05) is 13.7 Å². The first kappa shape index (κ1) is 12.7. The number of carbonyl (C=O) groups is 1. The Balaban J connectivity index is 2.79. The molecule has 5 nitrogen and oxygen atoms in total. The van der Waals surface area contributed by atoms with Crippen LogP contribution in [-0.4, -0.2) is 29.7 Å². The highest BCUT2D eigenvalue weighted by Crippen LogP contribution is 2.19. The highest BCUT2D eigenvalue weighted by atomic mass is 35.5. The van der Waals surface area contributed by atoms with E-state index in [0.29, 0.717) is 12.5 Å². The third-order valence-corrected chi connectivity index (χ3v) is 1.89. The van der Waals surface area contributed by atoms with Gasteiger partial charge in [0.1, 0.15) is 0 Å².